The third kappa shape index (κ3) is 3.94. The molecule has 0 aliphatic carbocycles. The van der Waals surface area contributed by atoms with Crippen LogP contribution in [0.15, 0.2) is 18.2 Å². The topological polar surface area (TPSA) is 37.3 Å². The van der Waals surface area contributed by atoms with Crippen LogP contribution in [0.5, 0.6) is 0 Å². The summed E-state index contributed by atoms with van der Waals surface area (Å²) in [7, 11) is 0. The van der Waals surface area contributed by atoms with Crippen LogP contribution in [0.2, 0.25) is 0 Å². The first-order valence-corrected chi connectivity index (χ1v) is 5.72. The van der Waals surface area contributed by atoms with Crippen LogP contribution >= 0.6 is 0 Å². The fourth-order valence-corrected chi connectivity index (χ4v) is 1.82. The molecule has 0 amide bonds. The molecule has 0 fully saturated rings. The molecule has 0 aliphatic heterocycles. The van der Waals surface area contributed by atoms with Crippen LogP contribution < -0.4 is 0 Å². The highest BCUT2D eigenvalue weighted by molar-refractivity contribution is 5.76. The minimum absolute atomic E-state index is 0.0113. The van der Waals surface area contributed by atoms with Gasteiger partial charge >= 0.3 is 12.1 Å². The molecule has 1 unspecified atom stereocenters. The minimum atomic E-state index is -4.64. The molecule has 0 aromatic heterocycles. The van der Waals surface area contributed by atoms with E-state index in [-0.39, 0.29) is 17.9 Å². The van der Waals surface area contributed by atoms with Crippen molar-refractivity contribution in [2.24, 2.45) is 5.92 Å². The van der Waals surface area contributed by atoms with Crippen LogP contribution in [-0.4, -0.2) is 11.1 Å². The Hall–Kier alpha value is -1.59. The lowest BCUT2D eigenvalue weighted by Gasteiger charge is -2.17. The summed E-state index contributed by atoms with van der Waals surface area (Å²) in [4.78, 5) is 11.1. The number of halogens is 4. The van der Waals surface area contributed by atoms with E-state index in [0.29, 0.717) is 12.1 Å². The molecule has 0 radical (unpaired) electrons. The molecule has 6 heteroatoms. The number of hydrogen-bond donors (Lipinski definition) is 1. The average molecular weight is 278 g/mol. The molecule has 19 heavy (non-hydrogen) atoms. The Kier molecular flexibility index (Phi) is 4.55. The molecule has 0 aliphatic rings. The van der Waals surface area contributed by atoms with Crippen molar-refractivity contribution in [3.05, 3.63) is 35.1 Å². The van der Waals surface area contributed by atoms with E-state index in [4.69, 9.17) is 5.11 Å². The number of benzene rings is 1. The maximum absolute atomic E-state index is 13.7. The van der Waals surface area contributed by atoms with E-state index in [9.17, 15) is 22.4 Å². The van der Waals surface area contributed by atoms with E-state index in [2.05, 4.69) is 0 Å². The summed E-state index contributed by atoms with van der Waals surface area (Å²) >= 11 is 0. The maximum Gasteiger partial charge on any atom is 0.416 e. The van der Waals surface area contributed by atoms with E-state index < -0.39 is 29.4 Å². The maximum atomic E-state index is 13.7. The molecule has 0 saturated carbocycles. The molecular formula is C13H14F4O2. The van der Waals surface area contributed by atoms with E-state index in [1.807, 2.05) is 0 Å². The number of rotatable bonds is 4. The molecule has 1 aromatic rings. The van der Waals surface area contributed by atoms with Crippen LogP contribution in [0.1, 0.15) is 37.3 Å². The van der Waals surface area contributed by atoms with E-state index >= 15 is 0 Å². The van der Waals surface area contributed by atoms with Gasteiger partial charge < -0.3 is 5.11 Å². The second-order valence-electron chi connectivity index (χ2n) is 4.75. The lowest BCUT2D eigenvalue weighted by atomic mass is 9.89. The first-order chi connectivity index (χ1) is 8.62. The SMILES string of the molecule is CC(C)CC(C(=O)O)c1ccc(C(F)(F)F)cc1F. The Morgan fingerprint density at radius 2 is 1.89 bits per heavy atom. The van der Waals surface area contributed by atoms with Crippen molar-refractivity contribution in [1.82, 2.24) is 0 Å². The molecule has 0 saturated heterocycles. The zero-order valence-corrected chi connectivity index (χ0v) is 10.5. The third-order valence-electron chi connectivity index (χ3n) is 2.71. The molecule has 2 nitrogen and oxygen atoms in total. The van der Waals surface area contributed by atoms with Gasteiger partial charge in [0, 0.05) is 5.56 Å². The van der Waals surface area contributed by atoms with Crippen molar-refractivity contribution in [3.63, 3.8) is 0 Å². The van der Waals surface area contributed by atoms with Crippen LogP contribution in [-0.2, 0) is 11.0 Å². The van der Waals surface area contributed by atoms with Gasteiger partial charge in [-0.1, -0.05) is 19.9 Å². The Labute approximate surface area is 108 Å². The van der Waals surface area contributed by atoms with Gasteiger partial charge in [0.2, 0.25) is 0 Å². The van der Waals surface area contributed by atoms with E-state index in [1.165, 1.54) is 0 Å². The van der Waals surface area contributed by atoms with Gasteiger partial charge in [0.1, 0.15) is 5.82 Å². The Balaban J connectivity index is 3.16. The van der Waals surface area contributed by atoms with E-state index in [1.54, 1.807) is 13.8 Å². The summed E-state index contributed by atoms with van der Waals surface area (Å²) < 4.78 is 50.8. The van der Waals surface area contributed by atoms with Gasteiger partial charge in [0.25, 0.3) is 0 Å². The lowest BCUT2D eigenvalue weighted by Crippen LogP contribution is -2.16. The number of carbonyl (C=O) groups is 1. The highest BCUT2D eigenvalue weighted by atomic mass is 19.4. The fraction of sp³-hybridized carbons (Fsp3) is 0.462. The molecule has 0 heterocycles. The second-order valence-corrected chi connectivity index (χ2v) is 4.75. The molecule has 106 valence electrons. The number of carboxylic acids is 1. The minimum Gasteiger partial charge on any atom is -0.481 e. The van der Waals surface area contributed by atoms with Gasteiger partial charge in [-0.25, -0.2) is 4.39 Å². The van der Waals surface area contributed by atoms with Gasteiger partial charge in [-0.15, -0.1) is 0 Å². The Bertz CT molecular complexity index is 466. The predicted molar refractivity (Wildman–Crippen MR) is 61.2 cm³/mol. The molecule has 1 aromatic carbocycles. The number of alkyl halides is 3. The van der Waals surface area contributed by atoms with Crippen LogP contribution in [0, 0.1) is 11.7 Å². The summed E-state index contributed by atoms with van der Waals surface area (Å²) in [5, 5.41) is 9.04. The predicted octanol–water partition coefficient (Wildman–Crippen LogP) is 4.06. The van der Waals surface area contributed by atoms with Crippen molar-refractivity contribution in [2.45, 2.75) is 32.4 Å². The number of carboxylic acid groups (broad SMARTS) is 1. The lowest BCUT2D eigenvalue weighted by molar-refractivity contribution is -0.139. The van der Waals surface area contributed by atoms with Gasteiger partial charge in [0.15, 0.2) is 0 Å². The first-order valence-electron chi connectivity index (χ1n) is 5.72. The summed E-state index contributed by atoms with van der Waals surface area (Å²) in [6.45, 7) is 3.52. The average Bonchev–Trinajstić information content (AvgIpc) is 2.24. The third-order valence-corrected chi connectivity index (χ3v) is 2.71. The monoisotopic (exact) mass is 278 g/mol. The zero-order valence-electron chi connectivity index (χ0n) is 10.5. The smallest absolute Gasteiger partial charge is 0.416 e. The number of hydrogen-bond acceptors (Lipinski definition) is 1. The number of aliphatic carboxylic acids is 1. The van der Waals surface area contributed by atoms with Gasteiger partial charge in [-0.2, -0.15) is 13.2 Å². The van der Waals surface area contributed by atoms with Gasteiger partial charge in [0.05, 0.1) is 11.5 Å². The summed E-state index contributed by atoms with van der Waals surface area (Å²) in [5.74, 6) is -3.53. The Morgan fingerprint density at radius 3 is 2.26 bits per heavy atom. The highest BCUT2D eigenvalue weighted by Gasteiger charge is 2.32. The normalized spacial score (nSPS) is 13.6. The Morgan fingerprint density at radius 1 is 1.32 bits per heavy atom. The van der Waals surface area contributed by atoms with Gasteiger partial charge in [-0.3, -0.25) is 4.79 Å². The van der Waals surface area contributed by atoms with Crippen molar-refractivity contribution in [2.75, 3.05) is 0 Å². The van der Waals surface area contributed by atoms with Crippen molar-refractivity contribution in [1.29, 1.82) is 0 Å². The quantitative estimate of drug-likeness (QED) is 0.843. The molecule has 1 atom stereocenters. The summed E-state index contributed by atoms with van der Waals surface area (Å²) in [5.41, 5.74) is -1.34. The fourth-order valence-electron chi connectivity index (χ4n) is 1.82. The van der Waals surface area contributed by atoms with Crippen LogP contribution in [0.4, 0.5) is 17.6 Å². The molecule has 1 N–H and O–H groups in total. The highest BCUT2D eigenvalue weighted by Crippen LogP contribution is 2.33. The summed E-state index contributed by atoms with van der Waals surface area (Å²) in [6.07, 6.45) is -4.48. The van der Waals surface area contributed by atoms with Gasteiger partial charge in [-0.05, 0) is 24.5 Å². The first kappa shape index (κ1) is 15.5. The zero-order chi connectivity index (χ0) is 14.8. The van der Waals surface area contributed by atoms with Crippen molar-refractivity contribution in [3.8, 4) is 0 Å². The van der Waals surface area contributed by atoms with Crippen molar-refractivity contribution < 1.29 is 27.5 Å². The standard InChI is InChI=1S/C13H14F4O2/c1-7(2)5-10(12(18)19)9-4-3-8(6-11(9)14)13(15,16)17/h3-4,6-7,10H,5H2,1-2H3,(H,18,19). The second kappa shape index (κ2) is 5.59. The van der Waals surface area contributed by atoms with Crippen LogP contribution in [0.3, 0.4) is 0 Å². The molecule has 1 rings (SSSR count). The van der Waals surface area contributed by atoms with E-state index in [0.717, 1.165) is 6.07 Å². The molecule has 0 spiro atoms. The summed E-state index contributed by atoms with van der Waals surface area (Å²) in [6, 6.07) is 1.94. The molecule has 0 bridgehead atoms. The molecular weight excluding hydrogens is 264 g/mol. The van der Waals surface area contributed by atoms with Crippen molar-refractivity contribution >= 4 is 5.97 Å². The largest absolute Gasteiger partial charge is 0.481 e. The van der Waals surface area contributed by atoms with Crippen LogP contribution in [0.25, 0.3) is 0 Å².